The number of ether oxygens (including phenoxy) is 2. The number of carbonyl (C=O) groups is 2. The zero-order chi connectivity index (χ0) is 25.4. The minimum Gasteiger partial charge on any atom is -0.508 e. The summed E-state index contributed by atoms with van der Waals surface area (Å²) < 4.78 is 13.1. The number of aryl methyl sites for hydroxylation is 1. The molecule has 9 nitrogen and oxygen atoms in total. The van der Waals surface area contributed by atoms with Gasteiger partial charge in [-0.15, -0.1) is 0 Å². The van der Waals surface area contributed by atoms with E-state index < -0.39 is 5.78 Å². The van der Waals surface area contributed by atoms with Crippen LogP contribution in [0.25, 0.3) is 17.0 Å². The van der Waals surface area contributed by atoms with Gasteiger partial charge in [0.2, 0.25) is 5.78 Å². The summed E-state index contributed by atoms with van der Waals surface area (Å²) in [6, 6.07) is 7.92. The molecule has 2 N–H and O–H groups in total. The van der Waals surface area contributed by atoms with Gasteiger partial charge in [-0.25, -0.2) is 0 Å². The average molecular weight is 480 g/mol. The summed E-state index contributed by atoms with van der Waals surface area (Å²) in [5.74, 6) is -0.726. The second-order valence-electron chi connectivity index (χ2n) is 8.93. The van der Waals surface area contributed by atoms with Gasteiger partial charge in [-0.3, -0.25) is 9.59 Å². The number of rotatable bonds is 7. The van der Waals surface area contributed by atoms with Crippen molar-refractivity contribution in [1.82, 2.24) is 14.4 Å². The van der Waals surface area contributed by atoms with Crippen LogP contribution in [0.5, 0.6) is 23.0 Å². The van der Waals surface area contributed by atoms with E-state index in [-0.39, 0.29) is 34.5 Å². The van der Waals surface area contributed by atoms with Crippen LogP contribution in [0.15, 0.2) is 36.1 Å². The average Bonchev–Trinajstić information content (AvgIpc) is 3.27. The molecule has 0 bridgehead atoms. The van der Waals surface area contributed by atoms with Crippen molar-refractivity contribution in [2.45, 2.75) is 13.0 Å². The van der Waals surface area contributed by atoms with Gasteiger partial charge in [-0.05, 0) is 51.3 Å². The first-order chi connectivity index (χ1) is 16.6. The number of amides is 1. The number of aromatic hydroxyl groups is 2. The van der Waals surface area contributed by atoms with Crippen molar-refractivity contribution in [3.05, 3.63) is 52.9 Å². The first kappa shape index (κ1) is 24.2. The van der Waals surface area contributed by atoms with E-state index in [9.17, 15) is 19.8 Å². The monoisotopic (exact) mass is 479 g/mol. The van der Waals surface area contributed by atoms with E-state index in [1.807, 2.05) is 36.9 Å². The van der Waals surface area contributed by atoms with Crippen molar-refractivity contribution in [3.8, 4) is 23.0 Å². The molecule has 0 saturated heterocycles. The number of carbonyl (C=O) groups excluding carboxylic acids is 2. The maximum absolute atomic E-state index is 13.4. The summed E-state index contributed by atoms with van der Waals surface area (Å²) in [6.45, 7) is 1.42. The Labute approximate surface area is 203 Å². The molecule has 0 saturated carbocycles. The number of Topliss-reactive ketones (excluding diaryl/α,β-unsaturated/α-hetero) is 1. The van der Waals surface area contributed by atoms with E-state index in [1.165, 1.54) is 17.0 Å². The summed E-state index contributed by atoms with van der Waals surface area (Å²) in [6.07, 6.45) is 2.33. The SMILES string of the molecule is COc1ccc2c(c1)c(C=C1Oc3cc(O)cc(O)c3C1=O)c(C(=O)N(C)C)n2CCCN(C)C. The second-order valence-corrected chi connectivity index (χ2v) is 8.93. The second kappa shape index (κ2) is 9.34. The van der Waals surface area contributed by atoms with Crippen LogP contribution in [0, 0.1) is 0 Å². The molecule has 0 unspecified atom stereocenters. The molecule has 184 valence electrons. The summed E-state index contributed by atoms with van der Waals surface area (Å²) in [5, 5.41) is 20.7. The van der Waals surface area contributed by atoms with E-state index >= 15 is 0 Å². The van der Waals surface area contributed by atoms with Crippen LogP contribution >= 0.6 is 0 Å². The molecule has 9 heteroatoms. The van der Waals surface area contributed by atoms with Gasteiger partial charge in [0, 0.05) is 49.2 Å². The lowest BCUT2D eigenvalue weighted by Gasteiger charge is -2.16. The Kier molecular flexibility index (Phi) is 6.45. The number of phenolic OH excluding ortho intramolecular Hbond substituents is 2. The van der Waals surface area contributed by atoms with Crippen LogP contribution in [0.2, 0.25) is 0 Å². The third-order valence-corrected chi connectivity index (χ3v) is 5.92. The molecule has 2 heterocycles. The fraction of sp³-hybridized carbons (Fsp3) is 0.308. The van der Waals surface area contributed by atoms with E-state index in [4.69, 9.17) is 9.47 Å². The predicted molar refractivity (Wildman–Crippen MR) is 132 cm³/mol. The summed E-state index contributed by atoms with van der Waals surface area (Å²) in [7, 11) is 8.91. The Bertz CT molecular complexity index is 1350. The highest BCUT2D eigenvalue weighted by Gasteiger charge is 2.33. The number of benzene rings is 2. The molecule has 1 amide bonds. The van der Waals surface area contributed by atoms with Crippen molar-refractivity contribution in [2.75, 3.05) is 41.8 Å². The largest absolute Gasteiger partial charge is 0.508 e. The normalized spacial score (nSPS) is 14.0. The number of aromatic nitrogens is 1. The Hall–Kier alpha value is -3.98. The van der Waals surface area contributed by atoms with Crippen molar-refractivity contribution < 1.29 is 29.3 Å². The van der Waals surface area contributed by atoms with Crippen LogP contribution in [-0.2, 0) is 6.54 Å². The lowest BCUT2D eigenvalue weighted by molar-refractivity contribution is 0.0816. The van der Waals surface area contributed by atoms with Crippen LogP contribution in [0.1, 0.15) is 32.8 Å². The van der Waals surface area contributed by atoms with E-state index in [1.54, 1.807) is 21.2 Å². The standard InChI is InChI=1S/C26H29N3O6/c1-27(2)9-6-10-29-19-8-7-16(34-5)13-17(19)18(24(29)26(33)28(3)4)14-22-25(32)23-20(31)11-15(30)12-21(23)35-22/h7-8,11-14,30-31H,6,9-10H2,1-5H3. The highest BCUT2D eigenvalue weighted by molar-refractivity contribution is 6.17. The number of methoxy groups -OCH3 is 1. The zero-order valence-corrected chi connectivity index (χ0v) is 20.5. The molecule has 1 aliphatic heterocycles. The lowest BCUT2D eigenvalue weighted by Crippen LogP contribution is -2.26. The Balaban J connectivity index is 1.94. The minimum atomic E-state index is -0.530. The Morgan fingerprint density at radius 3 is 2.54 bits per heavy atom. The van der Waals surface area contributed by atoms with Crippen molar-refractivity contribution in [1.29, 1.82) is 0 Å². The molecule has 1 aromatic heterocycles. The van der Waals surface area contributed by atoms with Crippen molar-refractivity contribution in [2.24, 2.45) is 0 Å². The summed E-state index contributed by atoms with van der Waals surface area (Å²) >= 11 is 0. The third-order valence-electron chi connectivity index (χ3n) is 5.92. The molecule has 0 radical (unpaired) electrons. The smallest absolute Gasteiger partial charge is 0.270 e. The van der Waals surface area contributed by atoms with Gasteiger partial charge in [0.25, 0.3) is 5.91 Å². The van der Waals surface area contributed by atoms with Crippen LogP contribution < -0.4 is 9.47 Å². The fourth-order valence-corrected chi connectivity index (χ4v) is 4.26. The van der Waals surface area contributed by atoms with E-state index in [0.717, 1.165) is 29.9 Å². The van der Waals surface area contributed by atoms with Crippen molar-refractivity contribution >= 4 is 28.7 Å². The molecule has 0 fully saturated rings. The third kappa shape index (κ3) is 4.42. The molecule has 2 aromatic carbocycles. The van der Waals surface area contributed by atoms with Gasteiger partial charge in [0.15, 0.2) is 5.76 Å². The molecule has 1 aliphatic rings. The topological polar surface area (TPSA) is 104 Å². The maximum atomic E-state index is 13.4. The summed E-state index contributed by atoms with van der Waals surface area (Å²) in [5.41, 5.74) is 1.73. The Morgan fingerprint density at radius 1 is 1.14 bits per heavy atom. The number of phenols is 2. The van der Waals surface area contributed by atoms with Crippen molar-refractivity contribution in [3.63, 3.8) is 0 Å². The fourth-order valence-electron chi connectivity index (χ4n) is 4.26. The van der Waals surface area contributed by atoms with Gasteiger partial charge in [-0.1, -0.05) is 0 Å². The van der Waals surface area contributed by atoms with E-state index in [0.29, 0.717) is 23.6 Å². The maximum Gasteiger partial charge on any atom is 0.270 e. The van der Waals surface area contributed by atoms with E-state index in [2.05, 4.69) is 4.90 Å². The van der Waals surface area contributed by atoms with Gasteiger partial charge >= 0.3 is 0 Å². The molecule has 0 spiro atoms. The number of hydrogen-bond acceptors (Lipinski definition) is 7. The molecule has 0 aliphatic carbocycles. The highest BCUT2D eigenvalue weighted by atomic mass is 16.5. The molecular weight excluding hydrogens is 450 g/mol. The predicted octanol–water partition coefficient (Wildman–Crippen LogP) is 3.33. The Morgan fingerprint density at radius 2 is 1.89 bits per heavy atom. The van der Waals surface area contributed by atoms with Crippen LogP contribution in [0.4, 0.5) is 0 Å². The number of allylic oxidation sites excluding steroid dienone is 1. The zero-order valence-electron chi connectivity index (χ0n) is 20.5. The van der Waals surface area contributed by atoms with Crippen LogP contribution in [-0.4, -0.2) is 78.1 Å². The first-order valence-electron chi connectivity index (χ1n) is 11.2. The molecule has 0 atom stereocenters. The lowest BCUT2D eigenvalue weighted by atomic mass is 10.1. The number of hydrogen-bond donors (Lipinski definition) is 2. The summed E-state index contributed by atoms with van der Waals surface area (Å²) in [4.78, 5) is 30.1. The number of nitrogens with zero attached hydrogens (tertiary/aromatic N) is 3. The van der Waals surface area contributed by atoms with Gasteiger partial charge in [0.05, 0.1) is 7.11 Å². The van der Waals surface area contributed by atoms with Crippen LogP contribution in [0.3, 0.4) is 0 Å². The molecule has 35 heavy (non-hydrogen) atoms. The number of ketones is 1. The van der Waals surface area contributed by atoms with Gasteiger partial charge in [-0.2, -0.15) is 0 Å². The quantitative estimate of drug-likeness (QED) is 0.501. The molecule has 4 rings (SSSR count). The van der Waals surface area contributed by atoms with Gasteiger partial charge in [0.1, 0.15) is 34.3 Å². The molecular formula is C26H29N3O6. The highest BCUT2D eigenvalue weighted by Crippen LogP contribution is 2.41. The molecule has 3 aromatic rings. The minimum absolute atomic E-state index is 0.0261. The van der Waals surface area contributed by atoms with Gasteiger partial charge < -0.3 is 34.1 Å². The number of fused-ring (bicyclic) bond motifs is 2. The first-order valence-corrected chi connectivity index (χ1v) is 11.2.